The first-order valence-corrected chi connectivity index (χ1v) is 4.64. The lowest BCUT2D eigenvalue weighted by Crippen LogP contribution is -1.88. The molecule has 0 unspecified atom stereocenters. The molecule has 3 aromatic rings. The van der Waals surface area contributed by atoms with Gasteiger partial charge in [-0.25, -0.2) is 9.97 Å². The third-order valence-electron chi connectivity index (χ3n) is 2.48. The minimum Gasteiger partial charge on any atom is -0.235 e. The van der Waals surface area contributed by atoms with Crippen LogP contribution in [0, 0.1) is 5.95 Å². The summed E-state index contributed by atoms with van der Waals surface area (Å²) < 4.78 is 13.4. The number of benzene rings is 2. The molecule has 0 fully saturated rings. The second-order valence-corrected chi connectivity index (χ2v) is 3.35. The molecule has 0 atom stereocenters. The van der Waals surface area contributed by atoms with Crippen molar-refractivity contribution in [2.24, 2.45) is 0 Å². The maximum Gasteiger partial charge on any atom is 0.223 e. The van der Waals surface area contributed by atoms with E-state index < -0.39 is 5.95 Å². The summed E-state index contributed by atoms with van der Waals surface area (Å²) in [5.74, 6) is -0.467. The van der Waals surface area contributed by atoms with Gasteiger partial charge in [0.05, 0.1) is 10.9 Å². The molecule has 0 saturated heterocycles. The minimum absolute atomic E-state index is 0.467. The van der Waals surface area contributed by atoms with Crippen molar-refractivity contribution in [1.82, 2.24) is 9.97 Å². The molecule has 0 aliphatic carbocycles. The Balaban J connectivity index is 2.60. The summed E-state index contributed by atoms with van der Waals surface area (Å²) in [6, 6.07) is 11.4. The van der Waals surface area contributed by atoms with Crippen LogP contribution in [0.1, 0.15) is 0 Å². The van der Waals surface area contributed by atoms with Crippen molar-refractivity contribution in [3.63, 3.8) is 0 Å². The van der Waals surface area contributed by atoms with E-state index in [1.54, 1.807) is 6.07 Å². The van der Waals surface area contributed by atoms with Crippen LogP contribution < -0.4 is 0 Å². The third-order valence-corrected chi connectivity index (χ3v) is 2.48. The summed E-state index contributed by atoms with van der Waals surface area (Å²) in [5.41, 5.74) is 0.667. The first-order valence-electron chi connectivity index (χ1n) is 4.64. The molecule has 0 bridgehead atoms. The fourth-order valence-corrected chi connectivity index (χ4v) is 1.77. The van der Waals surface area contributed by atoms with Crippen LogP contribution in [0.5, 0.6) is 0 Å². The van der Waals surface area contributed by atoms with Crippen molar-refractivity contribution in [3.8, 4) is 0 Å². The van der Waals surface area contributed by atoms with E-state index in [1.807, 2.05) is 30.3 Å². The summed E-state index contributed by atoms with van der Waals surface area (Å²) >= 11 is 0. The molecule has 3 rings (SSSR count). The van der Waals surface area contributed by atoms with E-state index in [4.69, 9.17) is 0 Å². The van der Waals surface area contributed by atoms with Gasteiger partial charge in [-0.1, -0.05) is 30.3 Å². The van der Waals surface area contributed by atoms with E-state index in [1.165, 1.54) is 6.33 Å². The van der Waals surface area contributed by atoms with E-state index in [-0.39, 0.29) is 0 Å². The molecule has 0 aliphatic heterocycles. The molecule has 2 nitrogen and oxygen atoms in total. The molecule has 0 amide bonds. The average molecular weight is 198 g/mol. The van der Waals surface area contributed by atoms with Crippen LogP contribution in [0.2, 0.25) is 0 Å². The number of aromatic nitrogens is 2. The van der Waals surface area contributed by atoms with E-state index in [2.05, 4.69) is 9.97 Å². The van der Waals surface area contributed by atoms with E-state index in [0.29, 0.717) is 10.9 Å². The summed E-state index contributed by atoms with van der Waals surface area (Å²) in [7, 11) is 0. The molecule has 72 valence electrons. The Bertz CT molecular complexity index is 649. The highest BCUT2D eigenvalue weighted by molar-refractivity contribution is 6.04. The molecular weight excluding hydrogens is 191 g/mol. The smallest absolute Gasteiger partial charge is 0.223 e. The number of hydrogen-bond donors (Lipinski definition) is 0. The maximum absolute atomic E-state index is 13.4. The molecule has 1 aromatic heterocycles. The number of fused-ring (bicyclic) bond motifs is 3. The summed E-state index contributed by atoms with van der Waals surface area (Å²) in [6.45, 7) is 0. The van der Waals surface area contributed by atoms with Gasteiger partial charge in [0, 0.05) is 5.39 Å². The fourth-order valence-electron chi connectivity index (χ4n) is 1.77. The molecule has 3 heteroatoms. The van der Waals surface area contributed by atoms with Crippen LogP contribution in [0.4, 0.5) is 4.39 Å². The van der Waals surface area contributed by atoms with Crippen LogP contribution in [-0.4, -0.2) is 9.97 Å². The molecule has 0 radical (unpaired) electrons. The molecule has 0 saturated carbocycles. The molecule has 15 heavy (non-hydrogen) atoms. The van der Waals surface area contributed by atoms with Gasteiger partial charge in [0.15, 0.2) is 0 Å². The van der Waals surface area contributed by atoms with E-state index in [0.717, 1.165) is 10.8 Å². The van der Waals surface area contributed by atoms with Crippen LogP contribution in [0.3, 0.4) is 0 Å². The van der Waals surface area contributed by atoms with Crippen LogP contribution in [0.25, 0.3) is 21.7 Å². The zero-order valence-corrected chi connectivity index (χ0v) is 7.81. The summed E-state index contributed by atoms with van der Waals surface area (Å²) in [6.07, 6.45) is 1.25. The largest absolute Gasteiger partial charge is 0.235 e. The minimum atomic E-state index is -0.467. The van der Waals surface area contributed by atoms with Crippen molar-refractivity contribution in [3.05, 3.63) is 48.7 Å². The van der Waals surface area contributed by atoms with Crippen molar-refractivity contribution in [2.45, 2.75) is 0 Å². The van der Waals surface area contributed by atoms with E-state index in [9.17, 15) is 4.39 Å². The van der Waals surface area contributed by atoms with Gasteiger partial charge >= 0.3 is 0 Å². The second kappa shape index (κ2) is 2.98. The molecule has 0 aliphatic rings. The molecule has 0 spiro atoms. The van der Waals surface area contributed by atoms with E-state index >= 15 is 0 Å². The van der Waals surface area contributed by atoms with Gasteiger partial charge in [0.1, 0.15) is 6.33 Å². The Morgan fingerprint density at radius 3 is 2.67 bits per heavy atom. The van der Waals surface area contributed by atoms with Gasteiger partial charge in [-0.2, -0.15) is 4.39 Å². The standard InChI is InChI=1S/C12H7FN2/c13-12-10-6-5-8-3-1-2-4-9(8)11(10)14-7-15-12/h1-7H. The van der Waals surface area contributed by atoms with Gasteiger partial charge in [-0.05, 0) is 11.5 Å². The van der Waals surface area contributed by atoms with Crippen LogP contribution >= 0.6 is 0 Å². The Morgan fingerprint density at radius 2 is 1.73 bits per heavy atom. The van der Waals surface area contributed by atoms with Crippen LogP contribution in [0.15, 0.2) is 42.7 Å². The zero-order chi connectivity index (χ0) is 10.3. The Kier molecular flexibility index (Phi) is 1.65. The average Bonchev–Trinajstić information content (AvgIpc) is 2.29. The first kappa shape index (κ1) is 8.29. The molecule has 0 N–H and O–H groups in total. The summed E-state index contributed by atoms with van der Waals surface area (Å²) in [4.78, 5) is 7.66. The lowest BCUT2D eigenvalue weighted by atomic mass is 10.1. The Morgan fingerprint density at radius 1 is 0.867 bits per heavy atom. The SMILES string of the molecule is Fc1ncnc2c1ccc1ccccc12. The monoisotopic (exact) mass is 198 g/mol. The van der Waals surface area contributed by atoms with Gasteiger partial charge < -0.3 is 0 Å². The quantitative estimate of drug-likeness (QED) is 0.410. The highest BCUT2D eigenvalue weighted by Gasteiger charge is 2.05. The lowest BCUT2D eigenvalue weighted by molar-refractivity contribution is 0.594. The number of halogens is 1. The third kappa shape index (κ3) is 1.16. The predicted molar refractivity (Wildman–Crippen MR) is 57.0 cm³/mol. The molecule has 1 heterocycles. The lowest BCUT2D eigenvalue weighted by Gasteiger charge is -2.02. The van der Waals surface area contributed by atoms with Crippen molar-refractivity contribution in [1.29, 1.82) is 0 Å². The van der Waals surface area contributed by atoms with Gasteiger partial charge in [0.25, 0.3) is 0 Å². The molecule has 2 aromatic carbocycles. The van der Waals surface area contributed by atoms with Crippen molar-refractivity contribution in [2.75, 3.05) is 0 Å². The Labute approximate surface area is 85.4 Å². The molecular formula is C12H7FN2. The zero-order valence-electron chi connectivity index (χ0n) is 7.81. The highest BCUT2D eigenvalue weighted by atomic mass is 19.1. The number of hydrogen-bond acceptors (Lipinski definition) is 2. The van der Waals surface area contributed by atoms with Crippen molar-refractivity contribution >= 4 is 21.7 Å². The van der Waals surface area contributed by atoms with Gasteiger partial charge in [0.2, 0.25) is 5.95 Å². The maximum atomic E-state index is 13.4. The normalized spacial score (nSPS) is 11.0. The number of nitrogens with zero attached hydrogens (tertiary/aromatic N) is 2. The topological polar surface area (TPSA) is 25.8 Å². The fraction of sp³-hybridized carbons (Fsp3) is 0. The predicted octanol–water partition coefficient (Wildman–Crippen LogP) is 2.92. The van der Waals surface area contributed by atoms with Gasteiger partial charge in [-0.15, -0.1) is 0 Å². The van der Waals surface area contributed by atoms with Crippen molar-refractivity contribution < 1.29 is 4.39 Å². The highest BCUT2D eigenvalue weighted by Crippen LogP contribution is 2.23. The van der Waals surface area contributed by atoms with Crippen LogP contribution in [-0.2, 0) is 0 Å². The second-order valence-electron chi connectivity index (χ2n) is 3.35. The van der Waals surface area contributed by atoms with Gasteiger partial charge in [-0.3, -0.25) is 0 Å². The first-order chi connectivity index (χ1) is 7.36. The Hall–Kier alpha value is -2.03. The summed E-state index contributed by atoms with van der Waals surface area (Å²) in [5, 5.41) is 2.48. The number of rotatable bonds is 0.